The first-order chi connectivity index (χ1) is 10.5. The standard InChI is InChI=1S/C16H16BrClN2O2/c1-3-20(4-2)16(21)13-9-11(17)5-7-14(13)22-12-6-8-15(18)19-10-12/h5-10H,3-4H2,1-2H3. The van der Waals surface area contributed by atoms with Crippen LogP contribution in [0.2, 0.25) is 5.15 Å². The molecule has 4 nitrogen and oxygen atoms in total. The minimum atomic E-state index is -0.0665. The zero-order valence-corrected chi connectivity index (χ0v) is 14.7. The first-order valence-electron chi connectivity index (χ1n) is 6.93. The van der Waals surface area contributed by atoms with Crippen LogP contribution in [0.15, 0.2) is 41.0 Å². The number of carbonyl (C=O) groups excluding carboxylic acids is 1. The molecule has 0 atom stereocenters. The summed E-state index contributed by atoms with van der Waals surface area (Å²) in [6.45, 7) is 5.18. The summed E-state index contributed by atoms with van der Waals surface area (Å²) in [5.74, 6) is 0.952. The van der Waals surface area contributed by atoms with Crippen molar-refractivity contribution in [1.82, 2.24) is 9.88 Å². The van der Waals surface area contributed by atoms with E-state index in [-0.39, 0.29) is 5.91 Å². The van der Waals surface area contributed by atoms with Gasteiger partial charge in [0.05, 0.1) is 11.8 Å². The summed E-state index contributed by atoms with van der Waals surface area (Å²) in [4.78, 5) is 18.3. The average molecular weight is 384 g/mol. The van der Waals surface area contributed by atoms with E-state index in [4.69, 9.17) is 16.3 Å². The van der Waals surface area contributed by atoms with E-state index in [1.165, 1.54) is 6.20 Å². The lowest BCUT2D eigenvalue weighted by molar-refractivity contribution is 0.0770. The molecular weight excluding hydrogens is 368 g/mol. The molecule has 2 rings (SSSR count). The van der Waals surface area contributed by atoms with E-state index in [0.29, 0.717) is 35.3 Å². The number of hydrogen-bond acceptors (Lipinski definition) is 3. The van der Waals surface area contributed by atoms with Crippen molar-refractivity contribution in [2.75, 3.05) is 13.1 Å². The molecule has 1 amide bonds. The maximum absolute atomic E-state index is 12.6. The SMILES string of the molecule is CCN(CC)C(=O)c1cc(Br)ccc1Oc1ccc(Cl)nc1. The van der Waals surface area contributed by atoms with Gasteiger partial charge in [0.2, 0.25) is 0 Å². The van der Waals surface area contributed by atoms with Crippen molar-refractivity contribution in [3.8, 4) is 11.5 Å². The van der Waals surface area contributed by atoms with E-state index >= 15 is 0 Å². The van der Waals surface area contributed by atoms with E-state index in [2.05, 4.69) is 20.9 Å². The van der Waals surface area contributed by atoms with E-state index in [0.717, 1.165) is 4.47 Å². The summed E-state index contributed by atoms with van der Waals surface area (Å²) >= 11 is 9.16. The molecule has 6 heteroatoms. The minimum Gasteiger partial charge on any atom is -0.455 e. The minimum absolute atomic E-state index is 0.0665. The van der Waals surface area contributed by atoms with Crippen molar-refractivity contribution < 1.29 is 9.53 Å². The van der Waals surface area contributed by atoms with Crippen LogP contribution in [0.4, 0.5) is 0 Å². The predicted molar refractivity (Wildman–Crippen MR) is 90.7 cm³/mol. The Morgan fingerprint density at radius 2 is 2.00 bits per heavy atom. The molecule has 1 heterocycles. The van der Waals surface area contributed by atoms with Gasteiger partial charge in [0.1, 0.15) is 16.7 Å². The molecule has 0 bridgehead atoms. The molecule has 1 aromatic carbocycles. The van der Waals surface area contributed by atoms with Gasteiger partial charge in [0.15, 0.2) is 0 Å². The summed E-state index contributed by atoms with van der Waals surface area (Å²) < 4.78 is 6.61. The largest absolute Gasteiger partial charge is 0.455 e. The molecule has 0 aliphatic carbocycles. The van der Waals surface area contributed by atoms with Gasteiger partial charge in [-0.1, -0.05) is 27.5 Å². The Morgan fingerprint density at radius 3 is 2.59 bits per heavy atom. The van der Waals surface area contributed by atoms with Crippen LogP contribution in [0.3, 0.4) is 0 Å². The van der Waals surface area contributed by atoms with Gasteiger partial charge < -0.3 is 9.64 Å². The normalized spacial score (nSPS) is 10.4. The number of rotatable bonds is 5. The van der Waals surface area contributed by atoms with Gasteiger partial charge in [-0.25, -0.2) is 4.98 Å². The van der Waals surface area contributed by atoms with Crippen LogP contribution in [0.5, 0.6) is 11.5 Å². The highest BCUT2D eigenvalue weighted by atomic mass is 79.9. The molecule has 116 valence electrons. The number of benzene rings is 1. The molecule has 1 aromatic heterocycles. The summed E-state index contributed by atoms with van der Waals surface area (Å²) in [5.41, 5.74) is 0.507. The van der Waals surface area contributed by atoms with Crippen LogP contribution in [-0.2, 0) is 0 Å². The average Bonchev–Trinajstić information content (AvgIpc) is 2.52. The lowest BCUT2D eigenvalue weighted by atomic mass is 10.1. The lowest BCUT2D eigenvalue weighted by Crippen LogP contribution is -2.30. The van der Waals surface area contributed by atoms with E-state index in [9.17, 15) is 4.79 Å². The molecular formula is C16H16BrClN2O2. The Hall–Kier alpha value is -1.59. The molecule has 0 aliphatic heterocycles. The second-order valence-electron chi connectivity index (χ2n) is 4.54. The molecule has 2 aromatic rings. The number of aromatic nitrogens is 1. The third kappa shape index (κ3) is 3.99. The molecule has 0 saturated heterocycles. The highest BCUT2D eigenvalue weighted by Gasteiger charge is 2.18. The molecule has 0 spiro atoms. The van der Waals surface area contributed by atoms with Crippen molar-refractivity contribution in [3.63, 3.8) is 0 Å². The van der Waals surface area contributed by atoms with E-state index in [1.54, 1.807) is 29.2 Å². The number of ether oxygens (including phenoxy) is 1. The van der Waals surface area contributed by atoms with E-state index in [1.807, 2.05) is 19.9 Å². The van der Waals surface area contributed by atoms with Crippen LogP contribution in [0, 0.1) is 0 Å². The maximum Gasteiger partial charge on any atom is 0.257 e. The van der Waals surface area contributed by atoms with Gasteiger partial charge in [0, 0.05) is 17.6 Å². The summed E-state index contributed by atoms with van der Waals surface area (Å²) in [7, 11) is 0. The molecule has 0 radical (unpaired) electrons. The summed E-state index contributed by atoms with van der Waals surface area (Å²) in [5, 5.41) is 0.391. The maximum atomic E-state index is 12.6. The smallest absolute Gasteiger partial charge is 0.257 e. The van der Waals surface area contributed by atoms with Gasteiger partial charge in [-0.15, -0.1) is 0 Å². The van der Waals surface area contributed by atoms with Crippen molar-refractivity contribution >= 4 is 33.4 Å². The van der Waals surface area contributed by atoms with Crippen LogP contribution >= 0.6 is 27.5 Å². The molecule has 0 aliphatic rings. The summed E-state index contributed by atoms with van der Waals surface area (Å²) in [6, 6.07) is 8.71. The Bertz CT molecular complexity index is 658. The second kappa shape index (κ2) is 7.61. The number of halogens is 2. The zero-order valence-electron chi connectivity index (χ0n) is 12.3. The lowest BCUT2D eigenvalue weighted by Gasteiger charge is -2.20. The fourth-order valence-electron chi connectivity index (χ4n) is 1.99. The fraction of sp³-hybridized carbons (Fsp3) is 0.250. The number of amides is 1. The van der Waals surface area contributed by atoms with Gasteiger partial charge in [-0.2, -0.15) is 0 Å². The van der Waals surface area contributed by atoms with Gasteiger partial charge in [-0.3, -0.25) is 4.79 Å². The van der Waals surface area contributed by atoms with Crippen LogP contribution in [-0.4, -0.2) is 28.9 Å². The zero-order chi connectivity index (χ0) is 16.1. The Labute approximate surface area is 143 Å². The van der Waals surface area contributed by atoms with E-state index < -0.39 is 0 Å². The first kappa shape index (κ1) is 16.8. The number of hydrogen-bond donors (Lipinski definition) is 0. The summed E-state index contributed by atoms with van der Waals surface area (Å²) in [6.07, 6.45) is 1.52. The van der Waals surface area contributed by atoms with Crippen molar-refractivity contribution in [3.05, 3.63) is 51.7 Å². The van der Waals surface area contributed by atoms with Crippen LogP contribution < -0.4 is 4.74 Å². The molecule has 0 saturated carbocycles. The Balaban J connectivity index is 2.35. The third-order valence-electron chi connectivity index (χ3n) is 3.15. The molecule has 22 heavy (non-hydrogen) atoms. The number of nitrogens with zero attached hydrogens (tertiary/aromatic N) is 2. The third-order valence-corrected chi connectivity index (χ3v) is 3.87. The monoisotopic (exact) mass is 382 g/mol. The van der Waals surface area contributed by atoms with Crippen LogP contribution in [0.1, 0.15) is 24.2 Å². The topological polar surface area (TPSA) is 42.4 Å². The Morgan fingerprint density at radius 1 is 1.27 bits per heavy atom. The van der Waals surface area contributed by atoms with Crippen molar-refractivity contribution in [2.24, 2.45) is 0 Å². The van der Waals surface area contributed by atoms with Crippen molar-refractivity contribution in [1.29, 1.82) is 0 Å². The molecule has 0 N–H and O–H groups in total. The fourth-order valence-corrected chi connectivity index (χ4v) is 2.46. The van der Waals surface area contributed by atoms with Crippen LogP contribution in [0.25, 0.3) is 0 Å². The van der Waals surface area contributed by atoms with Gasteiger partial charge in [-0.05, 0) is 44.2 Å². The number of pyridine rings is 1. The predicted octanol–water partition coefficient (Wildman–Crippen LogP) is 4.77. The molecule has 0 fully saturated rings. The number of carbonyl (C=O) groups is 1. The second-order valence-corrected chi connectivity index (χ2v) is 5.84. The van der Waals surface area contributed by atoms with Gasteiger partial charge in [0.25, 0.3) is 5.91 Å². The highest BCUT2D eigenvalue weighted by molar-refractivity contribution is 9.10. The molecule has 0 unspecified atom stereocenters. The van der Waals surface area contributed by atoms with Crippen molar-refractivity contribution in [2.45, 2.75) is 13.8 Å². The van der Waals surface area contributed by atoms with Gasteiger partial charge >= 0.3 is 0 Å². The first-order valence-corrected chi connectivity index (χ1v) is 8.10. The quantitative estimate of drug-likeness (QED) is 0.698. The Kier molecular flexibility index (Phi) is 5.80. The highest BCUT2D eigenvalue weighted by Crippen LogP contribution is 2.29.